The average Bonchev–Trinajstić information content (AvgIpc) is 2.94. The van der Waals surface area contributed by atoms with Gasteiger partial charge in [0.05, 0.1) is 5.75 Å². The lowest BCUT2D eigenvalue weighted by atomic mass is 9.94. The number of carbonyl (C=O) groups is 2. The first-order valence-electron chi connectivity index (χ1n) is 13.4. The molecule has 1 unspecified atom stereocenters. The van der Waals surface area contributed by atoms with Gasteiger partial charge in [-0.3, -0.25) is 9.59 Å². The molecular formula is C31H32Cl3FN2O2S. The van der Waals surface area contributed by atoms with E-state index in [0.29, 0.717) is 32.6 Å². The summed E-state index contributed by atoms with van der Waals surface area (Å²) in [5.41, 5.74) is 1.98. The number of amides is 2. The van der Waals surface area contributed by atoms with Crippen LogP contribution in [0.3, 0.4) is 0 Å². The van der Waals surface area contributed by atoms with Gasteiger partial charge in [-0.2, -0.15) is 0 Å². The SMILES string of the molecule is O=C(NC1CCCCC1)C(Cc1ccccc1)N(Cc1ccc(Cl)cc1Cl)C(=O)CSCc1c(F)cccc1Cl. The van der Waals surface area contributed by atoms with Crippen LogP contribution in [0.4, 0.5) is 4.39 Å². The summed E-state index contributed by atoms with van der Waals surface area (Å²) in [6.45, 7) is 0.130. The van der Waals surface area contributed by atoms with E-state index in [4.69, 9.17) is 34.8 Å². The topological polar surface area (TPSA) is 49.4 Å². The summed E-state index contributed by atoms with van der Waals surface area (Å²) in [6.07, 6.45) is 5.53. The van der Waals surface area contributed by atoms with E-state index in [2.05, 4.69) is 5.32 Å². The minimum Gasteiger partial charge on any atom is -0.352 e. The fourth-order valence-electron chi connectivity index (χ4n) is 4.93. The van der Waals surface area contributed by atoms with Crippen molar-refractivity contribution in [3.05, 3.63) is 104 Å². The maximum Gasteiger partial charge on any atom is 0.243 e. The van der Waals surface area contributed by atoms with Crippen molar-refractivity contribution in [3.8, 4) is 0 Å². The number of hydrogen-bond donors (Lipinski definition) is 1. The number of nitrogens with zero attached hydrogens (tertiary/aromatic N) is 1. The van der Waals surface area contributed by atoms with Crippen molar-refractivity contribution in [1.82, 2.24) is 10.2 Å². The van der Waals surface area contributed by atoms with Crippen molar-refractivity contribution in [1.29, 1.82) is 0 Å². The Hall–Kier alpha value is -2.25. The van der Waals surface area contributed by atoms with E-state index in [-0.39, 0.29) is 35.9 Å². The van der Waals surface area contributed by atoms with Gasteiger partial charge in [0.2, 0.25) is 11.8 Å². The summed E-state index contributed by atoms with van der Waals surface area (Å²) >= 11 is 20.1. The molecule has 3 aromatic rings. The highest BCUT2D eigenvalue weighted by molar-refractivity contribution is 7.99. The van der Waals surface area contributed by atoms with Gasteiger partial charge in [-0.05, 0) is 48.2 Å². The first kappa shape index (κ1) is 30.7. The minimum atomic E-state index is -0.763. The molecule has 0 radical (unpaired) electrons. The Morgan fingerprint density at radius 2 is 1.70 bits per heavy atom. The highest BCUT2D eigenvalue weighted by atomic mass is 35.5. The number of thioether (sulfide) groups is 1. The quantitative estimate of drug-likeness (QED) is 0.235. The zero-order chi connectivity index (χ0) is 28.5. The molecule has 9 heteroatoms. The van der Waals surface area contributed by atoms with Crippen molar-refractivity contribution < 1.29 is 14.0 Å². The molecule has 3 aromatic carbocycles. The molecule has 0 aromatic heterocycles. The smallest absolute Gasteiger partial charge is 0.243 e. The molecule has 1 aliphatic rings. The average molecular weight is 622 g/mol. The number of rotatable bonds is 11. The molecule has 4 nitrogen and oxygen atoms in total. The predicted octanol–water partition coefficient (Wildman–Crippen LogP) is 8.11. The largest absolute Gasteiger partial charge is 0.352 e. The van der Waals surface area contributed by atoms with Gasteiger partial charge < -0.3 is 10.2 Å². The van der Waals surface area contributed by atoms with Gasteiger partial charge in [0, 0.05) is 45.4 Å². The van der Waals surface area contributed by atoms with E-state index in [1.807, 2.05) is 30.3 Å². The summed E-state index contributed by atoms with van der Waals surface area (Å²) in [5, 5.41) is 4.44. The normalized spacial score (nSPS) is 14.5. The molecular weight excluding hydrogens is 590 g/mol. The molecule has 1 saturated carbocycles. The lowest BCUT2D eigenvalue weighted by Crippen LogP contribution is -2.53. The molecule has 1 fully saturated rings. The molecule has 2 amide bonds. The third kappa shape index (κ3) is 8.62. The van der Waals surface area contributed by atoms with Crippen LogP contribution in [0.1, 0.15) is 48.8 Å². The van der Waals surface area contributed by atoms with Crippen LogP contribution in [0.2, 0.25) is 15.1 Å². The Bertz CT molecular complexity index is 1280. The molecule has 0 bridgehead atoms. The predicted molar refractivity (Wildman–Crippen MR) is 164 cm³/mol. The monoisotopic (exact) mass is 620 g/mol. The van der Waals surface area contributed by atoms with Crippen LogP contribution in [0.25, 0.3) is 0 Å². The fraction of sp³-hybridized carbons (Fsp3) is 0.355. The van der Waals surface area contributed by atoms with Gasteiger partial charge in [0.25, 0.3) is 0 Å². The molecule has 0 aliphatic heterocycles. The van der Waals surface area contributed by atoms with Crippen molar-refractivity contribution in [2.45, 2.75) is 62.9 Å². The van der Waals surface area contributed by atoms with Crippen LogP contribution < -0.4 is 5.32 Å². The second kappa shape index (κ2) is 15.1. The summed E-state index contributed by atoms with van der Waals surface area (Å²) < 4.78 is 14.3. The fourth-order valence-corrected chi connectivity index (χ4v) is 6.64. The van der Waals surface area contributed by atoms with Crippen LogP contribution in [0.15, 0.2) is 66.7 Å². The molecule has 1 N–H and O–H groups in total. The zero-order valence-electron chi connectivity index (χ0n) is 22.1. The maximum atomic E-state index is 14.3. The Kier molecular flexibility index (Phi) is 11.6. The summed E-state index contributed by atoms with van der Waals surface area (Å²) in [7, 11) is 0. The first-order chi connectivity index (χ1) is 19.3. The van der Waals surface area contributed by atoms with Crippen molar-refractivity contribution in [2.24, 2.45) is 0 Å². The summed E-state index contributed by atoms with van der Waals surface area (Å²) in [4.78, 5) is 29.3. The van der Waals surface area contributed by atoms with Gasteiger partial charge in [-0.15, -0.1) is 11.8 Å². The lowest BCUT2D eigenvalue weighted by molar-refractivity contribution is -0.139. The molecule has 0 saturated heterocycles. The Labute approximate surface area is 254 Å². The van der Waals surface area contributed by atoms with Gasteiger partial charge in [-0.1, -0.05) is 96.5 Å². The number of nitrogens with one attached hydrogen (secondary N) is 1. The van der Waals surface area contributed by atoms with Gasteiger partial charge in [0.15, 0.2) is 0 Å². The first-order valence-corrected chi connectivity index (χ1v) is 15.7. The number of carbonyl (C=O) groups excluding carboxylic acids is 2. The van der Waals surface area contributed by atoms with E-state index in [0.717, 1.165) is 31.2 Å². The van der Waals surface area contributed by atoms with Gasteiger partial charge in [-0.25, -0.2) is 4.39 Å². The van der Waals surface area contributed by atoms with E-state index < -0.39 is 11.9 Å². The Balaban J connectivity index is 1.60. The second-order valence-electron chi connectivity index (χ2n) is 10.00. The van der Waals surface area contributed by atoms with E-state index in [9.17, 15) is 14.0 Å². The van der Waals surface area contributed by atoms with E-state index in [1.54, 1.807) is 35.2 Å². The van der Waals surface area contributed by atoms with Crippen molar-refractivity contribution in [3.63, 3.8) is 0 Å². The molecule has 0 heterocycles. The van der Waals surface area contributed by atoms with Gasteiger partial charge in [0.1, 0.15) is 11.9 Å². The second-order valence-corrected chi connectivity index (χ2v) is 12.2. The number of benzene rings is 3. The maximum absolute atomic E-state index is 14.3. The molecule has 4 rings (SSSR count). The third-order valence-electron chi connectivity index (χ3n) is 7.11. The molecule has 40 heavy (non-hydrogen) atoms. The Morgan fingerprint density at radius 3 is 2.40 bits per heavy atom. The number of halogens is 4. The minimum absolute atomic E-state index is 0.0396. The number of hydrogen-bond acceptors (Lipinski definition) is 3. The standard InChI is InChI=1S/C31H32Cl3FN2O2S/c32-23-15-14-22(27(34)17-23)18-37(30(38)20-40-19-25-26(33)12-7-13-28(25)35)29(16-21-8-3-1-4-9-21)31(39)36-24-10-5-2-6-11-24/h1,3-4,7-9,12-15,17,24,29H,2,5-6,10-11,16,18-20H2,(H,36,39). The Morgan fingerprint density at radius 1 is 0.950 bits per heavy atom. The van der Waals surface area contributed by atoms with E-state index in [1.165, 1.54) is 24.2 Å². The van der Waals surface area contributed by atoms with Crippen LogP contribution in [0, 0.1) is 5.82 Å². The third-order valence-corrected chi connectivity index (χ3v) is 9.00. The molecule has 1 aliphatic carbocycles. The van der Waals surface area contributed by atoms with Crippen LogP contribution in [0.5, 0.6) is 0 Å². The van der Waals surface area contributed by atoms with Gasteiger partial charge >= 0.3 is 0 Å². The molecule has 1 atom stereocenters. The van der Waals surface area contributed by atoms with E-state index >= 15 is 0 Å². The molecule has 212 valence electrons. The molecule has 0 spiro atoms. The summed E-state index contributed by atoms with van der Waals surface area (Å²) in [6, 6.07) is 18.6. The highest BCUT2D eigenvalue weighted by Crippen LogP contribution is 2.27. The van der Waals surface area contributed by atoms with Crippen LogP contribution >= 0.6 is 46.6 Å². The van der Waals surface area contributed by atoms with Crippen LogP contribution in [-0.2, 0) is 28.3 Å². The summed E-state index contributed by atoms with van der Waals surface area (Å²) in [5.74, 6) is -0.576. The van der Waals surface area contributed by atoms with Crippen molar-refractivity contribution >= 4 is 58.4 Å². The zero-order valence-corrected chi connectivity index (χ0v) is 25.1. The van der Waals surface area contributed by atoms with Crippen LogP contribution in [-0.4, -0.2) is 34.6 Å². The van der Waals surface area contributed by atoms with Crippen molar-refractivity contribution in [2.75, 3.05) is 5.75 Å². The lowest BCUT2D eigenvalue weighted by Gasteiger charge is -2.33. The highest BCUT2D eigenvalue weighted by Gasteiger charge is 2.32.